The maximum atomic E-state index is 12.8. The van der Waals surface area contributed by atoms with Crippen molar-refractivity contribution in [2.75, 3.05) is 24.5 Å². The molecule has 0 saturated carbocycles. The molecule has 3 aromatic rings. The molecule has 2 aliphatic heterocycles. The fourth-order valence-corrected chi connectivity index (χ4v) is 5.16. The van der Waals surface area contributed by atoms with Crippen molar-refractivity contribution in [3.05, 3.63) is 46.5 Å². The molecule has 7 heteroatoms. The maximum Gasteiger partial charge on any atom is 0.223 e. The van der Waals surface area contributed by atoms with Crippen LogP contribution in [0.2, 0.25) is 0 Å². The minimum Gasteiger partial charge on any atom is -0.355 e. The van der Waals surface area contributed by atoms with Gasteiger partial charge in [-0.3, -0.25) is 4.79 Å². The normalized spacial score (nSPS) is 18.1. The van der Waals surface area contributed by atoms with Crippen LogP contribution in [0.25, 0.3) is 5.52 Å². The number of carbonyl (C=O) groups is 1. The van der Waals surface area contributed by atoms with Crippen molar-refractivity contribution in [2.45, 2.75) is 32.2 Å². The van der Waals surface area contributed by atoms with E-state index in [-0.39, 0.29) is 0 Å². The quantitative estimate of drug-likeness (QED) is 0.700. The van der Waals surface area contributed by atoms with Crippen molar-refractivity contribution in [1.82, 2.24) is 19.5 Å². The van der Waals surface area contributed by atoms with Crippen LogP contribution in [0.5, 0.6) is 0 Å². The smallest absolute Gasteiger partial charge is 0.223 e. The summed E-state index contributed by atoms with van der Waals surface area (Å²) in [6.45, 7) is 3.57. The highest BCUT2D eigenvalue weighted by atomic mass is 32.1. The number of thiophene rings is 1. The predicted octanol–water partition coefficient (Wildman–Crippen LogP) is 2.98. The number of anilines is 1. The van der Waals surface area contributed by atoms with Crippen LogP contribution in [0.3, 0.4) is 0 Å². The fraction of sp³-hybridized carbons (Fsp3) is 0.450. The van der Waals surface area contributed by atoms with E-state index in [1.165, 1.54) is 10.4 Å². The van der Waals surface area contributed by atoms with Crippen molar-refractivity contribution in [2.24, 2.45) is 5.92 Å². The Labute approximate surface area is 162 Å². The van der Waals surface area contributed by atoms with Gasteiger partial charge in [0.15, 0.2) is 5.82 Å². The van der Waals surface area contributed by atoms with Gasteiger partial charge in [0.25, 0.3) is 0 Å². The number of hydrogen-bond acceptors (Lipinski definition) is 5. The number of hydrogen-bond donors (Lipinski definition) is 0. The third-order valence-electron chi connectivity index (χ3n) is 5.84. The van der Waals surface area contributed by atoms with E-state index in [0.717, 1.165) is 56.8 Å². The van der Waals surface area contributed by atoms with Gasteiger partial charge >= 0.3 is 0 Å². The largest absolute Gasteiger partial charge is 0.355 e. The Morgan fingerprint density at radius 1 is 1.19 bits per heavy atom. The Kier molecular flexibility index (Phi) is 4.32. The molecule has 1 fully saturated rings. The molecule has 140 valence electrons. The van der Waals surface area contributed by atoms with Crippen LogP contribution in [0.1, 0.15) is 29.7 Å². The SMILES string of the molecule is O=C(CC1CCN(c2nccn3nccc23)CC1)N1CCc2sccc2C1. The topological polar surface area (TPSA) is 53.7 Å². The van der Waals surface area contributed by atoms with Gasteiger partial charge in [0.1, 0.15) is 5.52 Å². The molecule has 3 aromatic heterocycles. The Hall–Kier alpha value is -2.41. The molecule has 1 saturated heterocycles. The molecule has 0 unspecified atom stereocenters. The van der Waals surface area contributed by atoms with Gasteiger partial charge < -0.3 is 9.80 Å². The zero-order valence-corrected chi connectivity index (χ0v) is 16.1. The second-order valence-electron chi connectivity index (χ2n) is 7.48. The minimum absolute atomic E-state index is 0.321. The lowest BCUT2D eigenvalue weighted by Gasteiger charge is -2.34. The molecule has 5 heterocycles. The van der Waals surface area contributed by atoms with E-state index in [0.29, 0.717) is 18.2 Å². The van der Waals surface area contributed by atoms with Crippen molar-refractivity contribution >= 4 is 28.6 Å². The summed E-state index contributed by atoms with van der Waals surface area (Å²) in [5, 5.41) is 6.44. The molecule has 0 spiro atoms. The average Bonchev–Trinajstić information content (AvgIpc) is 3.37. The Balaban J connectivity index is 1.19. The summed E-state index contributed by atoms with van der Waals surface area (Å²) < 4.78 is 1.87. The van der Waals surface area contributed by atoms with Gasteiger partial charge in [0.2, 0.25) is 5.91 Å². The van der Waals surface area contributed by atoms with Gasteiger partial charge in [0, 0.05) is 49.9 Å². The summed E-state index contributed by atoms with van der Waals surface area (Å²) in [5.74, 6) is 1.80. The van der Waals surface area contributed by atoms with E-state index < -0.39 is 0 Å². The summed E-state index contributed by atoms with van der Waals surface area (Å²) in [7, 11) is 0. The van der Waals surface area contributed by atoms with Gasteiger partial charge in [-0.2, -0.15) is 5.10 Å². The zero-order chi connectivity index (χ0) is 18.2. The first kappa shape index (κ1) is 16.7. The molecule has 0 atom stereocenters. The van der Waals surface area contributed by atoms with Crippen molar-refractivity contribution in [1.29, 1.82) is 0 Å². The van der Waals surface area contributed by atoms with E-state index in [2.05, 4.69) is 31.3 Å². The molecular weight excluding hydrogens is 358 g/mol. The highest BCUT2D eigenvalue weighted by Crippen LogP contribution is 2.29. The number of nitrogens with zero attached hydrogens (tertiary/aromatic N) is 5. The Bertz CT molecular complexity index is 956. The van der Waals surface area contributed by atoms with E-state index in [4.69, 9.17) is 0 Å². The summed E-state index contributed by atoms with van der Waals surface area (Å²) in [4.78, 5) is 23.2. The van der Waals surface area contributed by atoms with Crippen LogP contribution in [0.4, 0.5) is 5.82 Å². The molecule has 5 rings (SSSR count). The summed E-state index contributed by atoms with van der Waals surface area (Å²) in [5.41, 5.74) is 2.39. The standard InChI is InChI=1S/C20H23N5OS/c26-19(24-10-4-18-16(14-24)5-12-27-18)13-15-2-8-23(9-3-15)20-17-1-6-22-25(17)11-7-21-20/h1,5-7,11-12,15H,2-4,8-10,13-14H2. The number of amides is 1. The molecule has 0 bridgehead atoms. The number of carbonyl (C=O) groups excluding carboxylic acids is 1. The monoisotopic (exact) mass is 381 g/mol. The molecule has 0 N–H and O–H groups in total. The number of aromatic nitrogens is 3. The molecule has 6 nitrogen and oxygen atoms in total. The lowest BCUT2D eigenvalue weighted by molar-refractivity contribution is -0.133. The molecular formula is C20H23N5OS. The third-order valence-corrected chi connectivity index (χ3v) is 6.86. The Morgan fingerprint density at radius 2 is 2.07 bits per heavy atom. The van der Waals surface area contributed by atoms with Gasteiger partial charge in [-0.15, -0.1) is 11.3 Å². The van der Waals surface area contributed by atoms with E-state index in [1.807, 2.05) is 34.3 Å². The molecule has 0 radical (unpaired) electrons. The van der Waals surface area contributed by atoms with Crippen LogP contribution >= 0.6 is 11.3 Å². The van der Waals surface area contributed by atoms with E-state index >= 15 is 0 Å². The average molecular weight is 382 g/mol. The lowest BCUT2D eigenvalue weighted by atomic mass is 9.92. The van der Waals surface area contributed by atoms with Crippen molar-refractivity contribution < 1.29 is 4.79 Å². The van der Waals surface area contributed by atoms with Crippen LogP contribution in [-0.2, 0) is 17.8 Å². The molecule has 0 aliphatic carbocycles. The highest BCUT2D eigenvalue weighted by Gasteiger charge is 2.27. The second kappa shape index (κ2) is 6.96. The zero-order valence-electron chi connectivity index (χ0n) is 15.3. The third kappa shape index (κ3) is 3.20. The fourth-order valence-electron chi connectivity index (χ4n) is 4.27. The van der Waals surface area contributed by atoms with Gasteiger partial charge in [-0.1, -0.05) is 0 Å². The highest BCUT2D eigenvalue weighted by molar-refractivity contribution is 7.10. The summed E-state index contributed by atoms with van der Waals surface area (Å²) >= 11 is 1.82. The molecule has 2 aliphatic rings. The number of piperidine rings is 1. The first-order chi connectivity index (χ1) is 13.3. The number of rotatable bonds is 3. The van der Waals surface area contributed by atoms with E-state index in [9.17, 15) is 4.79 Å². The predicted molar refractivity (Wildman–Crippen MR) is 106 cm³/mol. The summed E-state index contributed by atoms with van der Waals surface area (Å²) in [6, 6.07) is 4.18. The first-order valence-electron chi connectivity index (χ1n) is 9.64. The first-order valence-corrected chi connectivity index (χ1v) is 10.5. The molecule has 1 amide bonds. The second-order valence-corrected chi connectivity index (χ2v) is 8.48. The molecule has 0 aromatic carbocycles. The van der Waals surface area contributed by atoms with Crippen molar-refractivity contribution in [3.8, 4) is 0 Å². The maximum absolute atomic E-state index is 12.8. The van der Waals surface area contributed by atoms with Gasteiger partial charge in [-0.05, 0) is 48.3 Å². The van der Waals surface area contributed by atoms with Crippen LogP contribution in [0, 0.1) is 5.92 Å². The van der Waals surface area contributed by atoms with E-state index in [1.54, 1.807) is 6.20 Å². The molecule has 27 heavy (non-hydrogen) atoms. The minimum atomic E-state index is 0.321. The summed E-state index contributed by atoms with van der Waals surface area (Å²) in [6.07, 6.45) is 9.27. The Morgan fingerprint density at radius 3 is 2.96 bits per heavy atom. The number of fused-ring (bicyclic) bond motifs is 2. The van der Waals surface area contributed by atoms with Crippen LogP contribution in [-0.4, -0.2) is 45.0 Å². The van der Waals surface area contributed by atoms with Crippen LogP contribution in [0.15, 0.2) is 36.1 Å². The van der Waals surface area contributed by atoms with Gasteiger partial charge in [0.05, 0.1) is 6.20 Å². The van der Waals surface area contributed by atoms with Crippen LogP contribution < -0.4 is 4.90 Å². The van der Waals surface area contributed by atoms with Gasteiger partial charge in [-0.25, -0.2) is 9.50 Å². The van der Waals surface area contributed by atoms with Crippen molar-refractivity contribution in [3.63, 3.8) is 0 Å². The lowest BCUT2D eigenvalue weighted by Crippen LogP contribution is -2.39.